The molecule has 0 radical (unpaired) electrons. The zero-order chi connectivity index (χ0) is 17.6. The van der Waals surface area contributed by atoms with Crippen LogP contribution in [0.15, 0.2) is 21.1 Å². The molecule has 1 unspecified atom stereocenters. The topological polar surface area (TPSA) is 142 Å². The highest BCUT2D eigenvalue weighted by Crippen LogP contribution is 2.39. The molecule has 26 heavy (non-hydrogen) atoms. The van der Waals surface area contributed by atoms with Gasteiger partial charge in [0.25, 0.3) is 5.91 Å². The Balaban J connectivity index is 0.00000196. The molecule has 1 saturated carbocycles. The van der Waals surface area contributed by atoms with Crippen LogP contribution in [-0.2, 0) is 5.54 Å². The van der Waals surface area contributed by atoms with Crippen molar-refractivity contribution in [1.82, 2.24) is 15.0 Å². The monoisotopic (exact) mass is 383 g/mol. The summed E-state index contributed by atoms with van der Waals surface area (Å²) in [6, 6.07) is 2.09. The van der Waals surface area contributed by atoms with Gasteiger partial charge in [0.2, 0.25) is 5.89 Å². The molecule has 0 aromatic carbocycles. The molecule has 11 heteroatoms. The molecule has 10 nitrogen and oxygen atoms in total. The van der Waals surface area contributed by atoms with E-state index in [4.69, 9.17) is 14.7 Å². The minimum Gasteiger partial charge on any atom is -0.395 e. The maximum Gasteiger partial charge on any atom is 0.433 e. The zero-order valence-electron chi connectivity index (χ0n) is 13.8. The Morgan fingerprint density at radius 1 is 1.38 bits per heavy atom. The molecule has 3 heterocycles. The summed E-state index contributed by atoms with van der Waals surface area (Å²) >= 11 is 0. The number of amides is 1. The van der Waals surface area contributed by atoms with Crippen LogP contribution in [0.2, 0.25) is 0 Å². The first-order chi connectivity index (χ1) is 12.0. The van der Waals surface area contributed by atoms with Crippen LogP contribution in [0.1, 0.15) is 60.4 Å². The van der Waals surface area contributed by atoms with Crippen LogP contribution in [0, 0.1) is 10.1 Å². The molecule has 1 aliphatic heterocycles. The fourth-order valence-electron chi connectivity index (χ4n) is 3.30. The number of rotatable bonds is 4. The van der Waals surface area contributed by atoms with E-state index in [0.717, 1.165) is 31.7 Å². The fourth-order valence-corrected chi connectivity index (χ4v) is 3.30. The van der Waals surface area contributed by atoms with Gasteiger partial charge >= 0.3 is 5.88 Å². The minimum atomic E-state index is -0.679. The molecule has 1 amide bonds. The van der Waals surface area contributed by atoms with Crippen molar-refractivity contribution in [3.63, 3.8) is 0 Å². The second-order valence-electron chi connectivity index (χ2n) is 6.52. The van der Waals surface area contributed by atoms with Crippen LogP contribution >= 0.6 is 12.4 Å². The molecule has 1 saturated heterocycles. The molecule has 4 rings (SSSR count). The van der Waals surface area contributed by atoms with Crippen molar-refractivity contribution in [3.05, 3.63) is 39.7 Å². The maximum absolute atomic E-state index is 12.6. The summed E-state index contributed by atoms with van der Waals surface area (Å²) in [7, 11) is 0. The van der Waals surface area contributed by atoms with Crippen molar-refractivity contribution in [2.75, 3.05) is 6.54 Å². The second kappa shape index (κ2) is 6.69. The fraction of sp³-hybridized carbons (Fsp3) is 0.533. The lowest BCUT2D eigenvalue weighted by Crippen LogP contribution is -2.44. The average Bonchev–Trinajstić information content (AvgIpc) is 3.30. The van der Waals surface area contributed by atoms with Crippen molar-refractivity contribution >= 4 is 24.2 Å². The van der Waals surface area contributed by atoms with E-state index in [2.05, 4.69) is 10.1 Å². The van der Waals surface area contributed by atoms with Gasteiger partial charge in [-0.1, -0.05) is 5.16 Å². The Hall–Kier alpha value is -2.46. The number of nitrogens with zero attached hydrogens (tertiary/aromatic N) is 4. The lowest BCUT2D eigenvalue weighted by atomic mass is 9.77. The van der Waals surface area contributed by atoms with Crippen LogP contribution in [0.3, 0.4) is 0 Å². The third-order valence-corrected chi connectivity index (χ3v) is 4.91. The van der Waals surface area contributed by atoms with Crippen LogP contribution < -0.4 is 5.73 Å². The molecule has 0 bridgehead atoms. The van der Waals surface area contributed by atoms with E-state index in [1.807, 2.05) is 0 Å². The average molecular weight is 384 g/mol. The molecule has 2 aromatic heterocycles. The first kappa shape index (κ1) is 18.3. The highest BCUT2D eigenvalue weighted by molar-refractivity contribution is 5.92. The van der Waals surface area contributed by atoms with Gasteiger partial charge in [-0.25, -0.2) is 0 Å². The van der Waals surface area contributed by atoms with Gasteiger partial charge in [0.15, 0.2) is 11.6 Å². The number of nitrogens with two attached hydrogens (primary N) is 1. The van der Waals surface area contributed by atoms with Gasteiger partial charge in [-0.3, -0.25) is 14.9 Å². The zero-order valence-corrected chi connectivity index (χ0v) is 14.6. The molecule has 1 atom stereocenters. The quantitative estimate of drug-likeness (QED) is 0.626. The number of nitro groups is 1. The summed E-state index contributed by atoms with van der Waals surface area (Å²) in [4.78, 5) is 28.6. The summed E-state index contributed by atoms with van der Waals surface area (Å²) < 4.78 is 10.4. The van der Waals surface area contributed by atoms with Gasteiger partial charge in [-0.05, 0) is 38.2 Å². The summed E-state index contributed by atoms with van der Waals surface area (Å²) in [5.41, 5.74) is 5.68. The van der Waals surface area contributed by atoms with Crippen molar-refractivity contribution in [2.45, 2.75) is 43.7 Å². The van der Waals surface area contributed by atoms with Gasteiger partial charge in [-0.15, -0.1) is 12.4 Å². The highest BCUT2D eigenvalue weighted by atomic mass is 35.5. The predicted molar refractivity (Wildman–Crippen MR) is 89.6 cm³/mol. The molecule has 2 aromatic rings. The third-order valence-electron chi connectivity index (χ3n) is 4.91. The van der Waals surface area contributed by atoms with Crippen molar-refractivity contribution in [2.24, 2.45) is 5.73 Å². The molecular formula is C15H18ClN5O5. The molecular weight excluding hydrogens is 366 g/mol. The first-order valence-corrected chi connectivity index (χ1v) is 8.16. The Morgan fingerprint density at radius 2 is 2.15 bits per heavy atom. The SMILES string of the molecule is Cl.NC1(c2noc(C3CCCN3C(=O)c3ccc([N+](=O)[O-])o3)n2)CCC1. The summed E-state index contributed by atoms with van der Waals surface area (Å²) in [6.45, 7) is 0.490. The van der Waals surface area contributed by atoms with E-state index in [1.54, 1.807) is 4.90 Å². The van der Waals surface area contributed by atoms with Gasteiger partial charge in [0.1, 0.15) is 11.0 Å². The molecule has 0 spiro atoms. The van der Waals surface area contributed by atoms with E-state index in [0.29, 0.717) is 24.7 Å². The lowest BCUT2D eigenvalue weighted by molar-refractivity contribution is -0.402. The van der Waals surface area contributed by atoms with Crippen LogP contribution in [0.5, 0.6) is 0 Å². The van der Waals surface area contributed by atoms with Gasteiger partial charge in [0.05, 0.1) is 11.6 Å². The smallest absolute Gasteiger partial charge is 0.395 e. The number of carbonyl (C=O) groups excluding carboxylic acids is 1. The van der Waals surface area contributed by atoms with Gasteiger partial charge in [-0.2, -0.15) is 4.98 Å². The van der Waals surface area contributed by atoms with Crippen LogP contribution in [-0.4, -0.2) is 32.4 Å². The number of aromatic nitrogens is 2. The van der Waals surface area contributed by atoms with Gasteiger partial charge in [0, 0.05) is 6.54 Å². The lowest BCUT2D eigenvalue weighted by Gasteiger charge is -2.34. The predicted octanol–water partition coefficient (Wildman–Crippen LogP) is 2.31. The minimum absolute atomic E-state index is 0. The second-order valence-corrected chi connectivity index (χ2v) is 6.52. The summed E-state index contributed by atoms with van der Waals surface area (Å²) in [5, 5.41) is 14.7. The van der Waals surface area contributed by atoms with Crippen molar-refractivity contribution in [1.29, 1.82) is 0 Å². The third kappa shape index (κ3) is 2.95. The molecule has 1 aliphatic carbocycles. The molecule has 140 valence electrons. The van der Waals surface area contributed by atoms with Crippen molar-refractivity contribution in [3.8, 4) is 0 Å². The number of hydrogen-bond acceptors (Lipinski definition) is 8. The maximum atomic E-state index is 12.6. The largest absolute Gasteiger partial charge is 0.433 e. The van der Waals surface area contributed by atoms with E-state index in [9.17, 15) is 14.9 Å². The first-order valence-electron chi connectivity index (χ1n) is 8.16. The summed E-state index contributed by atoms with van der Waals surface area (Å²) in [5.74, 6) is -0.149. The number of halogens is 1. The van der Waals surface area contributed by atoms with E-state index in [-0.39, 0.29) is 24.2 Å². The van der Waals surface area contributed by atoms with E-state index in [1.165, 1.54) is 6.07 Å². The highest BCUT2D eigenvalue weighted by Gasteiger charge is 2.41. The Bertz CT molecular complexity index is 830. The number of furan rings is 1. The van der Waals surface area contributed by atoms with E-state index >= 15 is 0 Å². The number of carbonyl (C=O) groups is 1. The molecule has 2 aliphatic rings. The summed E-state index contributed by atoms with van der Waals surface area (Å²) in [6.07, 6.45) is 4.11. The standard InChI is InChI=1S/C15H17N5O5.ClH/c16-15(6-2-7-15)14-17-12(25-18-14)9-3-1-8-19(9)13(21)10-4-5-11(24-10)20(22)23;/h4-5,9H,1-3,6-8,16H2;1H. The Morgan fingerprint density at radius 3 is 2.77 bits per heavy atom. The van der Waals surface area contributed by atoms with Gasteiger partial charge < -0.3 is 19.6 Å². The normalized spacial score (nSPS) is 21.1. The number of likely N-dealkylation sites (tertiary alicyclic amines) is 1. The molecule has 2 fully saturated rings. The molecule has 2 N–H and O–H groups in total. The van der Waals surface area contributed by atoms with E-state index < -0.39 is 22.3 Å². The van der Waals surface area contributed by atoms with Crippen molar-refractivity contribution < 1.29 is 18.7 Å². The Kier molecular flexibility index (Phi) is 4.72. The van der Waals surface area contributed by atoms with Crippen LogP contribution in [0.4, 0.5) is 5.88 Å². The van der Waals surface area contributed by atoms with Crippen LogP contribution in [0.25, 0.3) is 0 Å². The number of hydrogen-bond donors (Lipinski definition) is 1. The Labute approximate surface area is 154 Å².